The summed E-state index contributed by atoms with van der Waals surface area (Å²) in [5.41, 5.74) is 1.09. The molecule has 6 heteroatoms. The van der Waals surface area contributed by atoms with Crippen LogP contribution >= 0.6 is 0 Å². The number of fused-ring (bicyclic) bond motifs is 2. The van der Waals surface area contributed by atoms with E-state index in [2.05, 4.69) is 14.8 Å². The Morgan fingerprint density at radius 3 is 2.85 bits per heavy atom. The number of hydrogen-bond acceptors (Lipinski definition) is 4. The lowest BCUT2D eigenvalue weighted by Crippen LogP contribution is -2.40. The van der Waals surface area contributed by atoms with Crippen molar-refractivity contribution in [2.24, 2.45) is 5.92 Å². The maximum absolute atomic E-state index is 15.1. The fourth-order valence-corrected chi connectivity index (χ4v) is 4.74. The summed E-state index contributed by atoms with van der Waals surface area (Å²) in [6.45, 7) is 2.65. The first-order valence-electron chi connectivity index (χ1n) is 9.57. The predicted octanol–water partition coefficient (Wildman–Crippen LogP) is 2.67. The van der Waals surface area contributed by atoms with E-state index in [1.165, 1.54) is 25.0 Å². The Hall–Kier alpha value is -2.08. The molecule has 3 fully saturated rings. The van der Waals surface area contributed by atoms with Gasteiger partial charge in [0.25, 0.3) is 0 Å². The van der Waals surface area contributed by atoms with Crippen LogP contribution in [0.1, 0.15) is 31.7 Å². The highest BCUT2D eigenvalue weighted by atomic mass is 19.1. The molecule has 0 unspecified atom stereocenters. The summed E-state index contributed by atoms with van der Waals surface area (Å²) in [4.78, 5) is 14.5. The van der Waals surface area contributed by atoms with Crippen LogP contribution in [0.3, 0.4) is 0 Å². The highest BCUT2D eigenvalue weighted by Gasteiger charge is 2.37. The maximum Gasteiger partial charge on any atom is 0.189 e. The summed E-state index contributed by atoms with van der Waals surface area (Å²) in [5.74, 6) is 0.687. The molecule has 1 aromatic carbocycles. The fourth-order valence-electron chi connectivity index (χ4n) is 4.74. The van der Waals surface area contributed by atoms with Crippen LogP contribution < -0.4 is 20.4 Å². The van der Waals surface area contributed by atoms with E-state index < -0.39 is 0 Å². The zero-order chi connectivity index (χ0) is 17.8. The van der Waals surface area contributed by atoms with Crippen LogP contribution in [0.5, 0.6) is 5.75 Å². The van der Waals surface area contributed by atoms with Gasteiger partial charge in [-0.2, -0.15) is 0 Å². The van der Waals surface area contributed by atoms with Crippen molar-refractivity contribution in [2.45, 2.75) is 37.8 Å². The van der Waals surface area contributed by atoms with Crippen molar-refractivity contribution >= 4 is 16.6 Å². The number of ether oxygens (including phenoxy) is 1. The van der Waals surface area contributed by atoms with Crippen molar-refractivity contribution in [1.82, 2.24) is 9.88 Å². The largest absolute Gasteiger partial charge is 0.492 e. The third-order valence-electron chi connectivity index (χ3n) is 6.15. The van der Waals surface area contributed by atoms with Gasteiger partial charge >= 0.3 is 0 Å². The van der Waals surface area contributed by atoms with Crippen molar-refractivity contribution < 1.29 is 9.13 Å². The van der Waals surface area contributed by atoms with Gasteiger partial charge in [-0.1, -0.05) is 0 Å². The average molecular weight is 357 g/mol. The maximum atomic E-state index is 15.1. The van der Waals surface area contributed by atoms with Gasteiger partial charge in [-0.15, -0.1) is 0 Å². The van der Waals surface area contributed by atoms with Crippen molar-refractivity contribution in [1.29, 1.82) is 0 Å². The summed E-state index contributed by atoms with van der Waals surface area (Å²) in [5, 5.41) is 3.97. The van der Waals surface area contributed by atoms with E-state index in [9.17, 15) is 4.79 Å². The van der Waals surface area contributed by atoms with Gasteiger partial charge in [0.05, 0.1) is 18.0 Å². The van der Waals surface area contributed by atoms with Crippen molar-refractivity contribution in [3.05, 3.63) is 34.4 Å². The molecule has 0 spiro atoms. The van der Waals surface area contributed by atoms with Gasteiger partial charge in [0, 0.05) is 37.4 Å². The van der Waals surface area contributed by atoms with Gasteiger partial charge in [-0.3, -0.25) is 4.79 Å². The molecule has 26 heavy (non-hydrogen) atoms. The number of hydrogen-bond donors (Lipinski definition) is 1. The Morgan fingerprint density at radius 2 is 2.12 bits per heavy atom. The number of pyridine rings is 1. The molecular formula is C20H24FN3O2. The number of benzene rings is 1. The van der Waals surface area contributed by atoms with Gasteiger partial charge in [0.2, 0.25) is 0 Å². The van der Waals surface area contributed by atoms with Crippen LogP contribution in [0.15, 0.2) is 23.1 Å². The van der Waals surface area contributed by atoms with E-state index in [0.717, 1.165) is 38.0 Å². The predicted molar refractivity (Wildman–Crippen MR) is 99.7 cm³/mol. The molecule has 3 aliphatic rings. The van der Waals surface area contributed by atoms with Gasteiger partial charge in [-0.25, -0.2) is 4.39 Å². The van der Waals surface area contributed by atoms with Crippen molar-refractivity contribution in [2.75, 3.05) is 31.6 Å². The number of aromatic nitrogens is 1. The number of rotatable bonds is 3. The van der Waals surface area contributed by atoms with E-state index in [4.69, 9.17) is 4.74 Å². The van der Waals surface area contributed by atoms with Gasteiger partial charge < -0.3 is 19.5 Å². The van der Waals surface area contributed by atoms with Crippen LogP contribution in [0.4, 0.5) is 10.1 Å². The zero-order valence-corrected chi connectivity index (χ0v) is 15.0. The van der Waals surface area contributed by atoms with Crippen LogP contribution in [-0.4, -0.2) is 37.4 Å². The number of piperidine rings is 1. The minimum Gasteiger partial charge on any atom is -0.492 e. The molecule has 2 saturated heterocycles. The normalized spacial score (nSPS) is 25.5. The van der Waals surface area contributed by atoms with Crippen LogP contribution in [-0.2, 0) is 0 Å². The third kappa shape index (κ3) is 2.42. The molecule has 1 saturated carbocycles. The summed E-state index contributed by atoms with van der Waals surface area (Å²) in [6, 6.07) is 3.73. The molecule has 5 nitrogen and oxygen atoms in total. The van der Waals surface area contributed by atoms with E-state index in [-0.39, 0.29) is 11.2 Å². The average Bonchev–Trinajstić information content (AvgIpc) is 3.39. The Balaban J connectivity index is 1.69. The van der Waals surface area contributed by atoms with Crippen LogP contribution in [0.25, 0.3) is 10.9 Å². The van der Waals surface area contributed by atoms with Crippen LogP contribution in [0.2, 0.25) is 0 Å². The molecule has 2 aromatic rings. The molecule has 3 heterocycles. The molecule has 1 N–H and O–H groups in total. The second kappa shape index (κ2) is 5.98. The fraction of sp³-hybridized carbons (Fsp3) is 0.550. The minimum absolute atomic E-state index is 0.155. The lowest BCUT2D eigenvalue weighted by atomic mass is 9.94. The second-order valence-electron chi connectivity index (χ2n) is 7.82. The number of anilines is 1. The molecule has 2 atom stereocenters. The van der Waals surface area contributed by atoms with E-state index in [1.54, 1.807) is 7.11 Å². The molecule has 0 amide bonds. The van der Waals surface area contributed by atoms with Crippen molar-refractivity contribution in [3.8, 4) is 5.75 Å². The molecule has 5 rings (SSSR count). The number of methoxy groups -OCH3 is 1. The Morgan fingerprint density at radius 1 is 1.27 bits per heavy atom. The second-order valence-corrected chi connectivity index (χ2v) is 7.82. The molecule has 2 aliphatic heterocycles. The highest BCUT2D eigenvalue weighted by Crippen LogP contribution is 2.44. The lowest BCUT2D eigenvalue weighted by Gasteiger charge is -2.24. The van der Waals surface area contributed by atoms with E-state index in [1.807, 2.05) is 6.20 Å². The first kappa shape index (κ1) is 16.1. The third-order valence-corrected chi connectivity index (χ3v) is 6.15. The smallest absolute Gasteiger partial charge is 0.189 e. The number of halogens is 1. The molecule has 1 aliphatic carbocycles. The first-order chi connectivity index (χ1) is 12.7. The van der Waals surface area contributed by atoms with E-state index >= 15 is 4.39 Å². The van der Waals surface area contributed by atoms with Crippen LogP contribution in [0, 0.1) is 11.7 Å². The summed E-state index contributed by atoms with van der Waals surface area (Å²) < 4.78 is 22.9. The number of nitrogens with zero attached hydrogens (tertiary/aromatic N) is 2. The minimum atomic E-state index is -0.362. The lowest BCUT2D eigenvalue weighted by molar-refractivity contribution is 0.340. The summed E-state index contributed by atoms with van der Waals surface area (Å²) >= 11 is 0. The molecule has 138 valence electrons. The summed E-state index contributed by atoms with van der Waals surface area (Å²) in [7, 11) is 1.58. The Labute approximate surface area is 151 Å². The molecule has 0 bridgehead atoms. The number of nitrogens with one attached hydrogen (secondary N) is 1. The molecule has 0 radical (unpaired) electrons. The monoisotopic (exact) mass is 357 g/mol. The Bertz CT molecular complexity index is 907. The van der Waals surface area contributed by atoms with Gasteiger partial charge in [-0.05, 0) is 44.2 Å². The highest BCUT2D eigenvalue weighted by molar-refractivity contribution is 5.91. The SMILES string of the molecule is COc1c(N2C[C@H]3CCCN[C@H]3C2)c(F)cc2c(=O)ccn(C3CC3)c12. The summed E-state index contributed by atoms with van der Waals surface area (Å²) in [6.07, 6.45) is 6.36. The first-order valence-corrected chi connectivity index (χ1v) is 9.57. The van der Waals surface area contributed by atoms with Crippen molar-refractivity contribution in [3.63, 3.8) is 0 Å². The van der Waals surface area contributed by atoms with Gasteiger partial charge in [0.15, 0.2) is 17.0 Å². The topological polar surface area (TPSA) is 46.5 Å². The van der Waals surface area contributed by atoms with Gasteiger partial charge in [0.1, 0.15) is 5.69 Å². The Kier molecular flexibility index (Phi) is 3.71. The van der Waals surface area contributed by atoms with E-state index in [0.29, 0.717) is 34.8 Å². The molecular weight excluding hydrogens is 333 g/mol. The molecule has 1 aromatic heterocycles. The quantitative estimate of drug-likeness (QED) is 0.917. The zero-order valence-electron chi connectivity index (χ0n) is 15.0. The standard InChI is InChI=1S/C20H24FN3O2/c1-26-20-18-14(17(25)6-8-24(18)13-4-5-13)9-15(21)19(20)23-10-12-3-2-7-22-16(12)11-23/h6,8-9,12-13,16,22H,2-5,7,10-11H2,1H3/t12-,16+/m1/s1.